The van der Waals surface area contributed by atoms with Gasteiger partial charge >= 0.3 is 0 Å². The molecule has 0 saturated carbocycles. The summed E-state index contributed by atoms with van der Waals surface area (Å²) in [5.41, 5.74) is 0.984. The molecule has 100 valence electrons. The smallest absolute Gasteiger partial charge is 0.185 e. The third kappa shape index (κ3) is 3.07. The molecule has 1 aliphatic rings. The first-order valence-electron chi connectivity index (χ1n) is 5.88. The second-order valence-corrected chi connectivity index (χ2v) is 4.26. The molecule has 2 rings (SSSR count). The summed E-state index contributed by atoms with van der Waals surface area (Å²) in [5, 5.41) is 19.7. The highest BCUT2D eigenvalue weighted by Crippen LogP contribution is 2.20. The Bertz CT molecular complexity index is 356. The molecule has 0 aliphatic carbocycles. The standard InChI is InChI=1S/C13H18O5/c1-16-13-11(15)12(10(14)8-18-13)17-7-9-5-3-2-4-6-9/h2-6,10-15H,7-8H2,1H3/t10-,11-,12+,13-/m1/s1. The molecular formula is C13H18O5. The molecule has 1 aromatic rings. The summed E-state index contributed by atoms with van der Waals surface area (Å²) in [7, 11) is 1.44. The quantitative estimate of drug-likeness (QED) is 0.808. The topological polar surface area (TPSA) is 68.2 Å². The van der Waals surface area contributed by atoms with Crippen LogP contribution in [-0.2, 0) is 20.8 Å². The van der Waals surface area contributed by atoms with Crippen molar-refractivity contribution in [1.82, 2.24) is 0 Å². The summed E-state index contributed by atoms with van der Waals surface area (Å²) in [6.45, 7) is 0.422. The minimum atomic E-state index is -0.998. The zero-order chi connectivity index (χ0) is 13.0. The third-order valence-corrected chi connectivity index (χ3v) is 2.94. The highest BCUT2D eigenvalue weighted by molar-refractivity contribution is 5.13. The molecule has 0 spiro atoms. The van der Waals surface area contributed by atoms with Gasteiger partial charge < -0.3 is 24.4 Å². The number of benzene rings is 1. The van der Waals surface area contributed by atoms with Crippen LogP contribution in [0.25, 0.3) is 0 Å². The van der Waals surface area contributed by atoms with Gasteiger partial charge in [-0.1, -0.05) is 30.3 Å². The van der Waals surface area contributed by atoms with E-state index < -0.39 is 24.6 Å². The second kappa shape index (κ2) is 6.26. The van der Waals surface area contributed by atoms with Crippen molar-refractivity contribution in [2.45, 2.75) is 31.2 Å². The van der Waals surface area contributed by atoms with E-state index in [-0.39, 0.29) is 6.61 Å². The van der Waals surface area contributed by atoms with Gasteiger partial charge in [-0.2, -0.15) is 0 Å². The predicted molar refractivity (Wildman–Crippen MR) is 63.8 cm³/mol. The van der Waals surface area contributed by atoms with Crippen molar-refractivity contribution < 1.29 is 24.4 Å². The molecule has 4 atom stereocenters. The number of hydrogen-bond donors (Lipinski definition) is 2. The van der Waals surface area contributed by atoms with Gasteiger partial charge in [-0.05, 0) is 5.56 Å². The van der Waals surface area contributed by atoms with E-state index in [4.69, 9.17) is 14.2 Å². The van der Waals surface area contributed by atoms with Crippen LogP contribution in [0.3, 0.4) is 0 Å². The van der Waals surface area contributed by atoms with Crippen molar-refractivity contribution in [1.29, 1.82) is 0 Å². The largest absolute Gasteiger partial charge is 0.388 e. The summed E-state index contributed by atoms with van der Waals surface area (Å²) in [5.74, 6) is 0. The molecule has 0 aromatic heterocycles. The van der Waals surface area contributed by atoms with Crippen LogP contribution in [0.15, 0.2) is 30.3 Å². The average molecular weight is 254 g/mol. The first-order chi connectivity index (χ1) is 8.72. The number of methoxy groups -OCH3 is 1. The summed E-state index contributed by atoms with van der Waals surface area (Å²) >= 11 is 0. The molecule has 18 heavy (non-hydrogen) atoms. The fraction of sp³-hybridized carbons (Fsp3) is 0.538. The highest BCUT2D eigenvalue weighted by atomic mass is 16.7. The lowest BCUT2D eigenvalue weighted by Gasteiger charge is -2.36. The predicted octanol–water partition coefficient (Wildman–Crippen LogP) is 0.296. The Balaban J connectivity index is 1.94. The van der Waals surface area contributed by atoms with E-state index in [1.165, 1.54) is 7.11 Å². The van der Waals surface area contributed by atoms with E-state index in [2.05, 4.69) is 0 Å². The van der Waals surface area contributed by atoms with Gasteiger partial charge in [-0.15, -0.1) is 0 Å². The van der Waals surface area contributed by atoms with Gasteiger partial charge in [0.1, 0.15) is 18.3 Å². The number of hydrogen-bond acceptors (Lipinski definition) is 5. The normalized spacial score (nSPS) is 32.4. The SMILES string of the molecule is CO[C@@H]1OC[C@@H](O)[C@H](OCc2ccccc2)[C@H]1O. The minimum absolute atomic E-state index is 0.0923. The summed E-state index contributed by atoms with van der Waals surface area (Å²) < 4.78 is 15.7. The van der Waals surface area contributed by atoms with Crippen LogP contribution >= 0.6 is 0 Å². The minimum Gasteiger partial charge on any atom is -0.388 e. The maximum Gasteiger partial charge on any atom is 0.185 e. The van der Waals surface area contributed by atoms with Crippen molar-refractivity contribution in [2.24, 2.45) is 0 Å². The van der Waals surface area contributed by atoms with Gasteiger partial charge in [0.15, 0.2) is 6.29 Å². The summed E-state index contributed by atoms with van der Waals surface area (Å²) in [4.78, 5) is 0. The fourth-order valence-corrected chi connectivity index (χ4v) is 1.95. The maximum atomic E-state index is 9.94. The lowest BCUT2D eigenvalue weighted by molar-refractivity contribution is -0.272. The zero-order valence-electron chi connectivity index (χ0n) is 10.2. The molecule has 5 nitrogen and oxygen atoms in total. The van der Waals surface area contributed by atoms with Gasteiger partial charge in [0.25, 0.3) is 0 Å². The van der Waals surface area contributed by atoms with Gasteiger partial charge in [-0.25, -0.2) is 0 Å². The first kappa shape index (κ1) is 13.5. The maximum absolute atomic E-state index is 9.94. The molecule has 0 amide bonds. The van der Waals surface area contributed by atoms with Crippen LogP contribution in [-0.4, -0.2) is 48.5 Å². The first-order valence-corrected chi connectivity index (χ1v) is 5.88. The van der Waals surface area contributed by atoms with E-state index in [1.807, 2.05) is 30.3 Å². The molecule has 0 unspecified atom stereocenters. The second-order valence-electron chi connectivity index (χ2n) is 4.26. The Hall–Kier alpha value is -0.980. The van der Waals surface area contributed by atoms with Crippen molar-refractivity contribution in [3.8, 4) is 0 Å². The lowest BCUT2D eigenvalue weighted by Crippen LogP contribution is -2.54. The van der Waals surface area contributed by atoms with Gasteiger partial charge in [0.05, 0.1) is 13.2 Å². The molecule has 0 bridgehead atoms. The van der Waals surface area contributed by atoms with E-state index in [0.717, 1.165) is 5.56 Å². The average Bonchev–Trinajstić information content (AvgIpc) is 2.40. The summed E-state index contributed by atoms with van der Waals surface area (Å²) in [6, 6.07) is 9.58. The van der Waals surface area contributed by atoms with Crippen molar-refractivity contribution >= 4 is 0 Å². The summed E-state index contributed by atoms with van der Waals surface area (Å²) in [6.07, 6.45) is -3.31. The Labute approximate surface area is 106 Å². The molecule has 0 radical (unpaired) electrons. The van der Waals surface area contributed by atoms with E-state index in [9.17, 15) is 10.2 Å². The number of ether oxygens (including phenoxy) is 3. The number of aliphatic hydroxyl groups is 2. The van der Waals surface area contributed by atoms with Crippen LogP contribution in [0.5, 0.6) is 0 Å². The molecule has 5 heteroatoms. The molecule has 1 aliphatic heterocycles. The molecule has 1 aromatic carbocycles. The van der Waals surface area contributed by atoms with E-state index in [0.29, 0.717) is 6.61 Å². The number of rotatable bonds is 4. The number of aliphatic hydroxyl groups excluding tert-OH is 2. The van der Waals surface area contributed by atoms with Gasteiger partial charge in [0, 0.05) is 7.11 Å². The lowest BCUT2D eigenvalue weighted by atomic mass is 10.1. The van der Waals surface area contributed by atoms with Crippen LogP contribution in [0.2, 0.25) is 0 Å². The van der Waals surface area contributed by atoms with Crippen LogP contribution < -0.4 is 0 Å². The van der Waals surface area contributed by atoms with E-state index in [1.54, 1.807) is 0 Å². The third-order valence-electron chi connectivity index (χ3n) is 2.94. The van der Waals surface area contributed by atoms with Crippen LogP contribution in [0.4, 0.5) is 0 Å². The monoisotopic (exact) mass is 254 g/mol. The van der Waals surface area contributed by atoms with Gasteiger partial charge in [0.2, 0.25) is 0 Å². The Morgan fingerprint density at radius 1 is 1.28 bits per heavy atom. The van der Waals surface area contributed by atoms with Gasteiger partial charge in [-0.3, -0.25) is 0 Å². The molecular weight excluding hydrogens is 236 g/mol. The van der Waals surface area contributed by atoms with Crippen LogP contribution in [0.1, 0.15) is 5.56 Å². The van der Waals surface area contributed by atoms with Crippen LogP contribution in [0, 0.1) is 0 Å². The molecule has 1 saturated heterocycles. The highest BCUT2D eigenvalue weighted by Gasteiger charge is 2.39. The molecule has 1 fully saturated rings. The zero-order valence-corrected chi connectivity index (χ0v) is 10.2. The Kier molecular flexibility index (Phi) is 4.68. The van der Waals surface area contributed by atoms with Crippen molar-refractivity contribution in [3.63, 3.8) is 0 Å². The fourth-order valence-electron chi connectivity index (χ4n) is 1.95. The van der Waals surface area contributed by atoms with Crippen molar-refractivity contribution in [2.75, 3.05) is 13.7 Å². The van der Waals surface area contributed by atoms with Crippen molar-refractivity contribution in [3.05, 3.63) is 35.9 Å². The Morgan fingerprint density at radius 2 is 2.00 bits per heavy atom. The van der Waals surface area contributed by atoms with E-state index >= 15 is 0 Å². The molecule has 1 heterocycles. The Morgan fingerprint density at radius 3 is 2.67 bits per heavy atom. The molecule has 2 N–H and O–H groups in total.